The van der Waals surface area contributed by atoms with E-state index in [4.69, 9.17) is 4.98 Å². The van der Waals surface area contributed by atoms with Crippen LogP contribution in [0.15, 0.2) is 35.4 Å². The van der Waals surface area contributed by atoms with Gasteiger partial charge in [0, 0.05) is 49.5 Å². The Kier molecular flexibility index (Phi) is 5.84. The van der Waals surface area contributed by atoms with Crippen molar-refractivity contribution in [3.05, 3.63) is 46.8 Å². The molecule has 2 aromatic heterocycles. The number of likely N-dealkylation sites (tertiary alicyclic amines) is 1. The summed E-state index contributed by atoms with van der Waals surface area (Å²) in [7, 11) is 0. The van der Waals surface area contributed by atoms with Crippen LogP contribution in [0.25, 0.3) is 11.3 Å². The van der Waals surface area contributed by atoms with Gasteiger partial charge in [0.25, 0.3) is 5.56 Å². The van der Waals surface area contributed by atoms with Crippen molar-refractivity contribution in [2.24, 2.45) is 5.92 Å². The first-order valence-electron chi connectivity index (χ1n) is 10.5. The van der Waals surface area contributed by atoms with Gasteiger partial charge in [-0.3, -0.25) is 14.6 Å². The van der Waals surface area contributed by atoms with Gasteiger partial charge in [0.05, 0.1) is 5.69 Å². The van der Waals surface area contributed by atoms with Crippen LogP contribution in [0.5, 0.6) is 0 Å². The molecule has 2 fully saturated rings. The highest BCUT2D eigenvalue weighted by molar-refractivity contribution is 5.76. The van der Waals surface area contributed by atoms with E-state index in [2.05, 4.69) is 9.97 Å². The smallest absolute Gasteiger partial charge is 0.251 e. The number of aromatic amines is 1. The van der Waals surface area contributed by atoms with Gasteiger partial charge in [-0.1, -0.05) is 25.7 Å². The summed E-state index contributed by atoms with van der Waals surface area (Å²) in [5, 5.41) is 0. The van der Waals surface area contributed by atoms with E-state index in [9.17, 15) is 9.59 Å². The lowest BCUT2D eigenvalue weighted by Gasteiger charge is -2.32. The number of hydrogen-bond acceptors (Lipinski definition) is 4. The third-order valence-corrected chi connectivity index (χ3v) is 6.21. The van der Waals surface area contributed by atoms with Crippen molar-refractivity contribution in [1.82, 2.24) is 19.9 Å². The summed E-state index contributed by atoms with van der Waals surface area (Å²) < 4.78 is 0. The summed E-state index contributed by atoms with van der Waals surface area (Å²) >= 11 is 0. The van der Waals surface area contributed by atoms with Crippen molar-refractivity contribution in [3.63, 3.8) is 0 Å². The second-order valence-electron chi connectivity index (χ2n) is 8.10. The van der Waals surface area contributed by atoms with Gasteiger partial charge in [-0.25, -0.2) is 4.98 Å². The monoisotopic (exact) mass is 380 g/mol. The molecular formula is C22H28N4O2. The SMILES string of the molecule is O=C(CCC1CCCC1)N1CCC(c2nc(-c3ccncc3)cc(=O)[nH]2)CC1. The van der Waals surface area contributed by atoms with Crippen molar-refractivity contribution in [2.45, 2.75) is 57.3 Å². The normalized spacial score (nSPS) is 18.5. The van der Waals surface area contributed by atoms with Crippen LogP contribution in [0.3, 0.4) is 0 Å². The Morgan fingerprint density at radius 1 is 1.11 bits per heavy atom. The van der Waals surface area contributed by atoms with E-state index < -0.39 is 0 Å². The number of nitrogens with one attached hydrogen (secondary N) is 1. The van der Waals surface area contributed by atoms with Crippen LogP contribution in [-0.4, -0.2) is 38.8 Å². The minimum Gasteiger partial charge on any atom is -0.343 e. The Morgan fingerprint density at radius 2 is 1.82 bits per heavy atom. The zero-order valence-corrected chi connectivity index (χ0v) is 16.3. The first-order chi connectivity index (χ1) is 13.7. The molecule has 2 aromatic rings. The summed E-state index contributed by atoms with van der Waals surface area (Å²) in [4.78, 5) is 38.3. The van der Waals surface area contributed by atoms with Crippen molar-refractivity contribution < 1.29 is 4.79 Å². The van der Waals surface area contributed by atoms with Gasteiger partial charge >= 0.3 is 0 Å². The highest BCUT2D eigenvalue weighted by Gasteiger charge is 2.26. The molecule has 1 saturated carbocycles. The van der Waals surface area contributed by atoms with Crippen molar-refractivity contribution in [1.29, 1.82) is 0 Å². The zero-order chi connectivity index (χ0) is 19.3. The van der Waals surface area contributed by atoms with Gasteiger partial charge in [-0.15, -0.1) is 0 Å². The fraction of sp³-hybridized carbons (Fsp3) is 0.545. The molecule has 0 aromatic carbocycles. The highest BCUT2D eigenvalue weighted by atomic mass is 16.2. The molecule has 0 unspecified atom stereocenters. The van der Waals surface area contributed by atoms with Gasteiger partial charge in [0.15, 0.2) is 0 Å². The lowest BCUT2D eigenvalue weighted by molar-refractivity contribution is -0.132. The molecular weight excluding hydrogens is 352 g/mol. The van der Waals surface area contributed by atoms with Crippen molar-refractivity contribution in [3.8, 4) is 11.3 Å². The van der Waals surface area contributed by atoms with E-state index in [0.29, 0.717) is 12.1 Å². The molecule has 0 bridgehead atoms. The molecule has 6 nitrogen and oxygen atoms in total. The maximum Gasteiger partial charge on any atom is 0.251 e. The fourth-order valence-electron chi connectivity index (χ4n) is 4.53. The van der Waals surface area contributed by atoms with Crippen LogP contribution < -0.4 is 5.56 Å². The number of pyridine rings is 1. The maximum absolute atomic E-state index is 12.5. The van der Waals surface area contributed by atoms with Crippen LogP contribution in [0.4, 0.5) is 0 Å². The summed E-state index contributed by atoms with van der Waals surface area (Å²) in [6.07, 6.45) is 12.1. The number of carbonyl (C=O) groups is 1. The third-order valence-electron chi connectivity index (χ3n) is 6.21. The highest BCUT2D eigenvalue weighted by Crippen LogP contribution is 2.30. The van der Waals surface area contributed by atoms with Crippen LogP contribution >= 0.6 is 0 Å². The molecule has 1 saturated heterocycles. The van der Waals surface area contributed by atoms with E-state index in [1.54, 1.807) is 12.4 Å². The van der Waals surface area contributed by atoms with Gasteiger partial charge in [0.1, 0.15) is 5.82 Å². The van der Waals surface area contributed by atoms with E-state index in [1.807, 2.05) is 17.0 Å². The number of aromatic nitrogens is 3. The van der Waals surface area contributed by atoms with Gasteiger partial charge in [-0.2, -0.15) is 0 Å². The van der Waals surface area contributed by atoms with Crippen molar-refractivity contribution in [2.75, 3.05) is 13.1 Å². The summed E-state index contributed by atoms with van der Waals surface area (Å²) in [6.45, 7) is 1.49. The number of hydrogen-bond donors (Lipinski definition) is 1. The van der Waals surface area contributed by atoms with Gasteiger partial charge < -0.3 is 9.88 Å². The van der Waals surface area contributed by atoms with Crippen LogP contribution in [0.1, 0.15) is 63.1 Å². The summed E-state index contributed by atoms with van der Waals surface area (Å²) in [5.74, 6) is 1.97. The second-order valence-corrected chi connectivity index (χ2v) is 8.10. The van der Waals surface area contributed by atoms with E-state index in [1.165, 1.54) is 31.7 Å². The number of nitrogens with zero attached hydrogens (tertiary/aromatic N) is 3. The number of piperidine rings is 1. The maximum atomic E-state index is 12.5. The third kappa shape index (κ3) is 4.49. The molecule has 1 N–H and O–H groups in total. The van der Waals surface area contributed by atoms with Crippen LogP contribution in [-0.2, 0) is 4.79 Å². The minimum absolute atomic E-state index is 0.133. The number of carbonyl (C=O) groups excluding carboxylic acids is 1. The average Bonchev–Trinajstić information content (AvgIpc) is 3.26. The summed E-state index contributed by atoms with van der Waals surface area (Å²) in [5.41, 5.74) is 1.44. The topological polar surface area (TPSA) is 79.0 Å². The zero-order valence-electron chi connectivity index (χ0n) is 16.3. The standard InChI is InChI=1S/C22H28N4O2/c27-20-15-19(17-7-11-23-12-8-17)24-22(25-20)18-9-13-26(14-10-18)21(28)6-5-16-3-1-2-4-16/h7-8,11-12,15-16,18H,1-6,9-10,13-14H2,(H,24,25,27). The minimum atomic E-state index is -0.133. The van der Waals surface area contributed by atoms with Crippen LogP contribution in [0.2, 0.25) is 0 Å². The first-order valence-corrected chi connectivity index (χ1v) is 10.5. The molecule has 6 heteroatoms. The molecule has 1 amide bonds. The van der Waals surface area contributed by atoms with Gasteiger partial charge in [0.2, 0.25) is 5.91 Å². The first kappa shape index (κ1) is 18.8. The molecule has 3 heterocycles. The fourth-order valence-corrected chi connectivity index (χ4v) is 4.53. The molecule has 28 heavy (non-hydrogen) atoms. The summed E-state index contributed by atoms with van der Waals surface area (Å²) in [6, 6.07) is 5.24. The Labute approximate surface area is 165 Å². The molecule has 0 radical (unpaired) electrons. The van der Waals surface area contributed by atoms with E-state index in [-0.39, 0.29) is 17.4 Å². The molecule has 148 valence electrons. The molecule has 4 rings (SSSR count). The Bertz CT molecular complexity index is 850. The molecule has 0 atom stereocenters. The largest absolute Gasteiger partial charge is 0.343 e. The molecule has 1 aliphatic heterocycles. The molecule has 1 aliphatic carbocycles. The number of H-pyrrole nitrogens is 1. The van der Waals surface area contributed by atoms with E-state index >= 15 is 0 Å². The number of amides is 1. The van der Waals surface area contributed by atoms with Crippen molar-refractivity contribution >= 4 is 5.91 Å². The predicted octanol–water partition coefficient (Wildman–Crippen LogP) is 3.51. The lowest BCUT2D eigenvalue weighted by atomic mass is 9.94. The quantitative estimate of drug-likeness (QED) is 0.861. The second kappa shape index (κ2) is 8.67. The van der Waals surface area contributed by atoms with E-state index in [0.717, 1.165) is 49.7 Å². The average molecular weight is 380 g/mol. The molecule has 0 spiro atoms. The Balaban J connectivity index is 1.36. The van der Waals surface area contributed by atoms with Crippen LogP contribution in [0, 0.1) is 5.92 Å². The Hall–Kier alpha value is -2.50. The predicted molar refractivity (Wildman–Crippen MR) is 108 cm³/mol. The Morgan fingerprint density at radius 3 is 2.54 bits per heavy atom. The lowest BCUT2D eigenvalue weighted by Crippen LogP contribution is -2.38. The molecule has 2 aliphatic rings. The van der Waals surface area contributed by atoms with Gasteiger partial charge in [-0.05, 0) is 37.3 Å². The number of rotatable bonds is 5.